The minimum atomic E-state index is -0.478. The Morgan fingerprint density at radius 3 is 2.27 bits per heavy atom. The molecule has 0 spiro atoms. The molecule has 1 heterocycles. The monoisotopic (exact) mass is 412 g/mol. The smallest absolute Gasteiger partial charge is 0.259 e. The third kappa shape index (κ3) is 3.92. The molecule has 7 nitrogen and oxygen atoms in total. The topological polar surface area (TPSA) is 77.1 Å². The molecule has 2 aromatic rings. The predicted molar refractivity (Wildman–Crippen MR) is 116 cm³/mol. The number of nitrogens with one attached hydrogen (secondary N) is 1. The molecule has 0 aromatic heterocycles. The molecule has 1 N–H and O–H groups in total. The van der Waals surface area contributed by atoms with Crippen molar-refractivity contribution in [2.75, 3.05) is 38.1 Å². The summed E-state index contributed by atoms with van der Waals surface area (Å²) in [4.78, 5) is 27.6. The molecule has 0 bridgehead atoms. The standard InChI is InChI=1S/C23H28N2O5/c1-23(2,3)22(27)25-12-11-14-7-8-15(13-17(14)25)24-21(26)16-9-10-18(28-4)20(30-6)19(16)29-5/h7-10,13H,11-12H2,1-6H3,(H,24,26). The summed E-state index contributed by atoms with van der Waals surface area (Å²) in [5.74, 6) is 0.828. The number of hydrogen-bond acceptors (Lipinski definition) is 5. The van der Waals surface area contributed by atoms with Crippen molar-refractivity contribution >= 4 is 23.2 Å². The fourth-order valence-corrected chi connectivity index (χ4v) is 3.55. The second kappa shape index (κ2) is 8.26. The highest BCUT2D eigenvalue weighted by molar-refractivity contribution is 6.07. The van der Waals surface area contributed by atoms with E-state index in [2.05, 4.69) is 5.32 Å². The summed E-state index contributed by atoms with van der Waals surface area (Å²) in [7, 11) is 4.48. The Kier molecular flexibility index (Phi) is 5.92. The van der Waals surface area contributed by atoms with Crippen LogP contribution in [-0.2, 0) is 11.2 Å². The SMILES string of the molecule is COc1ccc(C(=O)Nc2ccc3c(c2)N(C(=O)C(C)(C)C)CC3)c(OC)c1OC. The Hall–Kier alpha value is -3.22. The van der Waals surface area contributed by atoms with Gasteiger partial charge in [0.1, 0.15) is 0 Å². The lowest BCUT2D eigenvalue weighted by Crippen LogP contribution is -2.38. The van der Waals surface area contributed by atoms with E-state index in [9.17, 15) is 9.59 Å². The van der Waals surface area contributed by atoms with Crippen molar-refractivity contribution in [2.45, 2.75) is 27.2 Å². The first-order valence-corrected chi connectivity index (χ1v) is 9.76. The van der Waals surface area contributed by atoms with Crippen molar-refractivity contribution in [2.24, 2.45) is 5.41 Å². The number of fused-ring (bicyclic) bond motifs is 1. The van der Waals surface area contributed by atoms with E-state index in [1.165, 1.54) is 21.3 Å². The van der Waals surface area contributed by atoms with Crippen molar-refractivity contribution in [1.29, 1.82) is 0 Å². The number of benzene rings is 2. The van der Waals surface area contributed by atoms with Gasteiger partial charge < -0.3 is 24.4 Å². The molecule has 2 aromatic carbocycles. The molecule has 0 aliphatic carbocycles. The molecule has 3 rings (SSSR count). The van der Waals surface area contributed by atoms with Gasteiger partial charge in [-0.2, -0.15) is 0 Å². The third-order valence-electron chi connectivity index (χ3n) is 5.07. The van der Waals surface area contributed by atoms with Gasteiger partial charge in [0.25, 0.3) is 5.91 Å². The molecule has 0 saturated heterocycles. The van der Waals surface area contributed by atoms with Crippen LogP contribution in [0, 0.1) is 5.41 Å². The largest absolute Gasteiger partial charge is 0.493 e. The minimum Gasteiger partial charge on any atom is -0.493 e. The molecule has 0 radical (unpaired) electrons. The van der Waals surface area contributed by atoms with E-state index in [0.29, 0.717) is 35.0 Å². The molecule has 0 saturated carbocycles. The third-order valence-corrected chi connectivity index (χ3v) is 5.07. The van der Waals surface area contributed by atoms with E-state index >= 15 is 0 Å². The van der Waals surface area contributed by atoms with Crippen molar-refractivity contribution in [3.63, 3.8) is 0 Å². The number of carbonyl (C=O) groups is 2. The number of anilines is 2. The number of rotatable bonds is 5. The molecule has 0 unspecified atom stereocenters. The maximum Gasteiger partial charge on any atom is 0.259 e. The molecule has 7 heteroatoms. The Balaban J connectivity index is 1.90. The van der Waals surface area contributed by atoms with Gasteiger partial charge in [-0.25, -0.2) is 0 Å². The van der Waals surface area contributed by atoms with Crippen LogP contribution in [0.5, 0.6) is 17.2 Å². The van der Waals surface area contributed by atoms with Crippen LogP contribution < -0.4 is 24.4 Å². The lowest BCUT2D eigenvalue weighted by Gasteiger charge is -2.26. The van der Waals surface area contributed by atoms with Crippen LogP contribution in [0.25, 0.3) is 0 Å². The number of hydrogen-bond donors (Lipinski definition) is 1. The molecular formula is C23H28N2O5. The number of nitrogens with zero attached hydrogens (tertiary/aromatic N) is 1. The molecule has 2 amide bonds. The van der Waals surface area contributed by atoms with E-state index in [1.54, 1.807) is 17.0 Å². The van der Waals surface area contributed by atoms with Crippen molar-refractivity contribution in [3.05, 3.63) is 41.5 Å². The molecule has 0 fully saturated rings. The van der Waals surface area contributed by atoms with Crippen LogP contribution in [0.4, 0.5) is 11.4 Å². The zero-order valence-electron chi connectivity index (χ0n) is 18.3. The number of carbonyl (C=O) groups excluding carboxylic acids is 2. The number of ether oxygens (including phenoxy) is 3. The maximum atomic E-state index is 13.0. The van der Waals surface area contributed by atoms with Gasteiger partial charge in [-0.05, 0) is 36.2 Å². The predicted octanol–water partition coefficient (Wildman–Crippen LogP) is 3.90. The average Bonchev–Trinajstić information content (AvgIpc) is 3.14. The van der Waals surface area contributed by atoms with Gasteiger partial charge >= 0.3 is 0 Å². The first-order valence-electron chi connectivity index (χ1n) is 9.76. The fourth-order valence-electron chi connectivity index (χ4n) is 3.55. The van der Waals surface area contributed by atoms with E-state index < -0.39 is 5.41 Å². The summed E-state index contributed by atoms with van der Waals surface area (Å²) < 4.78 is 16.0. The molecule has 0 atom stereocenters. The molecule has 30 heavy (non-hydrogen) atoms. The molecular weight excluding hydrogens is 384 g/mol. The second-order valence-corrected chi connectivity index (χ2v) is 8.14. The van der Waals surface area contributed by atoms with Crippen molar-refractivity contribution in [1.82, 2.24) is 0 Å². The van der Waals surface area contributed by atoms with Crippen LogP contribution in [0.1, 0.15) is 36.7 Å². The summed E-state index contributed by atoms with van der Waals surface area (Å²) in [5.41, 5.74) is 2.37. The van der Waals surface area contributed by atoms with Crippen molar-refractivity contribution in [3.8, 4) is 17.2 Å². The Labute approximate surface area is 176 Å². The van der Waals surface area contributed by atoms with Crippen LogP contribution in [0.3, 0.4) is 0 Å². The normalized spacial score (nSPS) is 12.9. The molecule has 1 aliphatic rings. The van der Waals surface area contributed by atoms with Crippen LogP contribution in [-0.4, -0.2) is 39.7 Å². The van der Waals surface area contributed by atoms with E-state index in [1.807, 2.05) is 39.0 Å². The van der Waals surface area contributed by atoms with Gasteiger partial charge in [-0.15, -0.1) is 0 Å². The van der Waals surface area contributed by atoms with Crippen LogP contribution >= 0.6 is 0 Å². The summed E-state index contributed by atoms with van der Waals surface area (Å²) >= 11 is 0. The second-order valence-electron chi connectivity index (χ2n) is 8.14. The quantitative estimate of drug-likeness (QED) is 0.806. The van der Waals surface area contributed by atoms with E-state index in [0.717, 1.165) is 17.7 Å². The summed E-state index contributed by atoms with van der Waals surface area (Å²) in [6.45, 7) is 6.36. The molecule has 160 valence electrons. The van der Waals surface area contributed by atoms with Gasteiger partial charge in [0.2, 0.25) is 11.7 Å². The number of amides is 2. The fraction of sp³-hybridized carbons (Fsp3) is 0.391. The Bertz CT molecular complexity index is 978. The Morgan fingerprint density at radius 1 is 0.967 bits per heavy atom. The highest BCUT2D eigenvalue weighted by Gasteiger charge is 2.32. The van der Waals surface area contributed by atoms with Gasteiger partial charge in [0, 0.05) is 23.3 Å². The lowest BCUT2D eigenvalue weighted by atomic mass is 9.94. The van der Waals surface area contributed by atoms with Gasteiger partial charge in [-0.3, -0.25) is 9.59 Å². The van der Waals surface area contributed by atoms with Gasteiger partial charge in [-0.1, -0.05) is 26.8 Å². The zero-order valence-corrected chi connectivity index (χ0v) is 18.3. The molecule has 1 aliphatic heterocycles. The first-order chi connectivity index (χ1) is 14.2. The number of methoxy groups -OCH3 is 3. The van der Waals surface area contributed by atoms with Crippen LogP contribution in [0.15, 0.2) is 30.3 Å². The van der Waals surface area contributed by atoms with E-state index in [4.69, 9.17) is 14.2 Å². The summed E-state index contributed by atoms with van der Waals surface area (Å²) in [6, 6.07) is 8.92. The van der Waals surface area contributed by atoms with Gasteiger partial charge in [0.05, 0.1) is 26.9 Å². The highest BCUT2D eigenvalue weighted by atomic mass is 16.5. The first kappa shape index (κ1) is 21.5. The summed E-state index contributed by atoms with van der Waals surface area (Å²) in [5, 5.41) is 2.90. The average molecular weight is 412 g/mol. The highest BCUT2D eigenvalue weighted by Crippen LogP contribution is 2.40. The zero-order chi connectivity index (χ0) is 22.1. The van der Waals surface area contributed by atoms with Gasteiger partial charge in [0.15, 0.2) is 11.5 Å². The minimum absolute atomic E-state index is 0.0614. The maximum absolute atomic E-state index is 13.0. The van der Waals surface area contributed by atoms with Crippen molar-refractivity contribution < 1.29 is 23.8 Å². The van der Waals surface area contributed by atoms with E-state index in [-0.39, 0.29) is 11.8 Å². The lowest BCUT2D eigenvalue weighted by molar-refractivity contribution is -0.125. The summed E-state index contributed by atoms with van der Waals surface area (Å²) in [6.07, 6.45) is 0.800. The Morgan fingerprint density at radius 2 is 1.67 bits per heavy atom. The van der Waals surface area contributed by atoms with Crippen LogP contribution in [0.2, 0.25) is 0 Å².